The number of benzene rings is 1. The van der Waals surface area contributed by atoms with Crippen molar-refractivity contribution < 1.29 is 8.42 Å². The van der Waals surface area contributed by atoms with Gasteiger partial charge in [-0.2, -0.15) is 8.42 Å². The van der Waals surface area contributed by atoms with E-state index in [-0.39, 0.29) is 4.90 Å². The smallest absolute Gasteiger partial charge is 0.218 e. The maximum absolute atomic E-state index is 12.3. The average molecular weight is 263 g/mol. The summed E-state index contributed by atoms with van der Waals surface area (Å²) >= 11 is 0. The summed E-state index contributed by atoms with van der Waals surface area (Å²) < 4.78 is 25.6. The first kappa shape index (κ1) is 12.5. The zero-order chi connectivity index (χ0) is 13.2. The van der Waals surface area contributed by atoms with Crippen LogP contribution >= 0.6 is 0 Å². The molecule has 0 bridgehead atoms. The summed E-state index contributed by atoms with van der Waals surface area (Å²) in [6.45, 7) is 5.46. The van der Waals surface area contributed by atoms with Crippen molar-refractivity contribution in [3.63, 3.8) is 0 Å². The summed E-state index contributed by atoms with van der Waals surface area (Å²) in [6.07, 6.45) is 3.17. The van der Waals surface area contributed by atoms with E-state index in [0.29, 0.717) is 12.2 Å². The lowest BCUT2D eigenvalue weighted by Crippen LogP contribution is -2.17. The Balaban J connectivity index is 2.51. The lowest BCUT2D eigenvalue weighted by Gasteiger charge is -2.06. The normalized spacial score (nSPS) is 11.4. The van der Waals surface area contributed by atoms with Gasteiger partial charge in [-0.15, -0.1) is 15.8 Å². The number of rotatable bonds is 4. The Morgan fingerprint density at radius 2 is 2.00 bits per heavy atom. The Bertz CT molecular complexity index is 657. The fourth-order valence-corrected chi connectivity index (χ4v) is 2.77. The number of allylic oxidation sites excluding steroid dienone is 1. The van der Waals surface area contributed by atoms with Crippen molar-refractivity contribution >= 4 is 10.0 Å². The van der Waals surface area contributed by atoms with Gasteiger partial charge in [0.1, 0.15) is 12.2 Å². The second kappa shape index (κ2) is 4.73. The van der Waals surface area contributed by atoms with E-state index >= 15 is 0 Å². The molecule has 2 rings (SSSR count). The molecule has 1 heterocycles. The van der Waals surface area contributed by atoms with Crippen molar-refractivity contribution in [3.8, 4) is 0 Å². The van der Waals surface area contributed by atoms with Crippen molar-refractivity contribution in [2.24, 2.45) is 0 Å². The lowest BCUT2D eigenvalue weighted by atomic mass is 10.2. The van der Waals surface area contributed by atoms with Crippen LogP contribution in [-0.4, -0.2) is 22.6 Å². The van der Waals surface area contributed by atoms with Gasteiger partial charge < -0.3 is 0 Å². The molecule has 0 fully saturated rings. The van der Waals surface area contributed by atoms with E-state index in [1.165, 1.54) is 6.33 Å². The Labute approximate surface area is 106 Å². The SMILES string of the molecule is C=CCc1ncnn1S(=O)(=O)c1ccc(C)cc1. The quantitative estimate of drug-likeness (QED) is 0.785. The van der Waals surface area contributed by atoms with Gasteiger partial charge in [0.2, 0.25) is 0 Å². The van der Waals surface area contributed by atoms with E-state index in [1.807, 2.05) is 6.92 Å². The van der Waals surface area contributed by atoms with Gasteiger partial charge in [0.05, 0.1) is 4.90 Å². The van der Waals surface area contributed by atoms with E-state index in [0.717, 1.165) is 9.65 Å². The predicted octanol–water partition coefficient (Wildman–Crippen LogP) is 1.55. The zero-order valence-corrected chi connectivity index (χ0v) is 10.8. The van der Waals surface area contributed by atoms with E-state index in [9.17, 15) is 8.42 Å². The molecule has 0 spiro atoms. The van der Waals surface area contributed by atoms with Gasteiger partial charge >= 0.3 is 0 Å². The van der Waals surface area contributed by atoms with Crippen molar-refractivity contribution in [1.82, 2.24) is 14.2 Å². The molecule has 0 amide bonds. The van der Waals surface area contributed by atoms with Gasteiger partial charge in [-0.05, 0) is 19.1 Å². The third-order valence-electron chi connectivity index (χ3n) is 2.46. The highest BCUT2D eigenvalue weighted by atomic mass is 32.2. The fraction of sp³-hybridized carbons (Fsp3) is 0.167. The van der Waals surface area contributed by atoms with Crippen molar-refractivity contribution in [2.45, 2.75) is 18.2 Å². The minimum Gasteiger partial charge on any atom is -0.218 e. The third kappa shape index (κ3) is 2.19. The monoisotopic (exact) mass is 263 g/mol. The van der Waals surface area contributed by atoms with Gasteiger partial charge in [-0.25, -0.2) is 4.98 Å². The number of aryl methyl sites for hydroxylation is 1. The maximum atomic E-state index is 12.3. The van der Waals surface area contributed by atoms with Crippen LogP contribution in [0.3, 0.4) is 0 Å². The van der Waals surface area contributed by atoms with Gasteiger partial charge in [0.15, 0.2) is 0 Å². The van der Waals surface area contributed by atoms with E-state index in [2.05, 4.69) is 16.7 Å². The van der Waals surface area contributed by atoms with E-state index in [4.69, 9.17) is 0 Å². The van der Waals surface area contributed by atoms with Crippen molar-refractivity contribution in [1.29, 1.82) is 0 Å². The van der Waals surface area contributed by atoms with Crippen LogP contribution in [0.2, 0.25) is 0 Å². The summed E-state index contributed by atoms with van der Waals surface area (Å²) in [5, 5.41) is 3.78. The fourth-order valence-electron chi connectivity index (χ4n) is 1.53. The van der Waals surface area contributed by atoms with Gasteiger partial charge in [-0.1, -0.05) is 23.8 Å². The highest BCUT2D eigenvalue weighted by Crippen LogP contribution is 2.15. The van der Waals surface area contributed by atoms with Gasteiger partial charge in [0, 0.05) is 6.42 Å². The number of hydrogen-bond donors (Lipinski definition) is 0. The second-order valence-electron chi connectivity index (χ2n) is 3.83. The molecule has 0 aliphatic heterocycles. The molecule has 0 saturated carbocycles. The Morgan fingerprint density at radius 1 is 1.33 bits per heavy atom. The van der Waals surface area contributed by atoms with Crippen LogP contribution in [0.15, 0.2) is 48.1 Å². The topological polar surface area (TPSA) is 64.8 Å². The molecule has 0 aliphatic rings. The van der Waals surface area contributed by atoms with Crippen molar-refractivity contribution in [3.05, 3.63) is 54.6 Å². The Morgan fingerprint density at radius 3 is 2.61 bits per heavy atom. The molecule has 0 saturated heterocycles. The maximum Gasteiger partial charge on any atom is 0.284 e. The largest absolute Gasteiger partial charge is 0.284 e. The first-order valence-electron chi connectivity index (χ1n) is 5.38. The van der Waals surface area contributed by atoms with Gasteiger partial charge in [-0.3, -0.25) is 0 Å². The second-order valence-corrected chi connectivity index (χ2v) is 5.60. The van der Waals surface area contributed by atoms with Crippen LogP contribution in [0, 0.1) is 6.92 Å². The molecule has 5 nitrogen and oxygen atoms in total. The molecule has 18 heavy (non-hydrogen) atoms. The van der Waals surface area contributed by atoms with Crippen LogP contribution in [-0.2, 0) is 16.4 Å². The molecule has 0 N–H and O–H groups in total. The number of aromatic nitrogens is 3. The highest BCUT2D eigenvalue weighted by Gasteiger charge is 2.20. The standard InChI is InChI=1S/C12H13N3O2S/c1-3-4-12-13-9-14-15(12)18(16,17)11-7-5-10(2)6-8-11/h3,5-9H,1,4H2,2H3. The molecule has 2 aromatic rings. The summed E-state index contributed by atoms with van der Waals surface area (Å²) in [6, 6.07) is 6.61. The molecular formula is C12H13N3O2S. The van der Waals surface area contributed by atoms with Gasteiger partial charge in [0.25, 0.3) is 10.0 Å². The van der Waals surface area contributed by atoms with Crippen LogP contribution in [0.1, 0.15) is 11.4 Å². The molecule has 0 radical (unpaired) electrons. The van der Waals surface area contributed by atoms with Crippen LogP contribution in [0.25, 0.3) is 0 Å². The Hall–Kier alpha value is -1.95. The molecular weight excluding hydrogens is 250 g/mol. The first-order chi connectivity index (χ1) is 8.55. The molecule has 0 unspecified atom stereocenters. The molecule has 0 aliphatic carbocycles. The highest BCUT2D eigenvalue weighted by molar-refractivity contribution is 7.89. The number of hydrogen-bond acceptors (Lipinski definition) is 4. The minimum atomic E-state index is -3.67. The lowest BCUT2D eigenvalue weighted by molar-refractivity contribution is 0.577. The minimum absolute atomic E-state index is 0.198. The average Bonchev–Trinajstić information content (AvgIpc) is 2.79. The predicted molar refractivity (Wildman–Crippen MR) is 67.7 cm³/mol. The molecule has 1 aromatic carbocycles. The summed E-state index contributed by atoms with van der Waals surface area (Å²) in [5.74, 6) is 0.352. The molecule has 6 heteroatoms. The van der Waals surface area contributed by atoms with Crippen LogP contribution < -0.4 is 0 Å². The molecule has 94 valence electrons. The Kier molecular flexibility index (Phi) is 3.29. The summed E-state index contributed by atoms with van der Waals surface area (Å²) in [5.41, 5.74) is 0.999. The van der Waals surface area contributed by atoms with E-state index in [1.54, 1.807) is 30.3 Å². The number of nitrogens with zero attached hydrogens (tertiary/aromatic N) is 3. The molecule has 1 aromatic heterocycles. The zero-order valence-electron chi connectivity index (χ0n) is 9.94. The van der Waals surface area contributed by atoms with E-state index < -0.39 is 10.0 Å². The van der Waals surface area contributed by atoms with Crippen molar-refractivity contribution in [2.75, 3.05) is 0 Å². The first-order valence-corrected chi connectivity index (χ1v) is 6.82. The molecule has 0 atom stereocenters. The summed E-state index contributed by atoms with van der Waals surface area (Å²) in [7, 11) is -3.67. The van der Waals surface area contributed by atoms with Crippen LogP contribution in [0.5, 0.6) is 0 Å². The summed E-state index contributed by atoms with van der Waals surface area (Å²) in [4.78, 5) is 4.11. The third-order valence-corrected chi connectivity index (χ3v) is 4.09. The van der Waals surface area contributed by atoms with Crippen LogP contribution in [0.4, 0.5) is 0 Å².